The van der Waals surface area contributed by atoms with E-state index in [1.807, 2.05) is 37.3 Å². The van der Waals surface area contributed by atoms with E-state index in [2.05, 4.69) is 40.1 Å². The molecular weight excluding hydrogens is 481 g/mol. The predicted octanol–water partition coefficient (Wildman–Crippen LogP) is 6.94. The summed E-state index contributed by atoms with van der Waals surface area (Å²) in [4.78, 5) is 13.3. The zero-order valence-corrected chi connectivity index (χ0v) is 20.7. The molecule has 1 aliphatic carbocycles. The van der Waals surface area contributed by atoms with Crippen LogP contribution in [0.3, 0.4) is 0 Å². The number of carbonyl (C=O) groups is 1. The van der Waals surface area contributed by atoms with Gasteiger partial charge in [-0.05, 0) is 84.5 Å². The number of nitrogens with one attached hydrogen (secondary N) is 2. The van der Waals surface area contributed by atoms with Crippen LogP contribution in [0.2, 0.25) is 5.02 Å². The highest BCUT2D eigenvalue weighted by atomic mass is 35.5. The summed E-state index contributed by atoms with van der Waals surface area (Å²) in [6.07, 6.45) is 5.47. The third-order valence-electron chi connectivity index (χ3n) is 6.54. The molecule has 178 valence electrons. The first-order valence-electron chi connectivity index (χ1n) is 11.5. The number of nitrogens with zero attached hydrogens (tertiary/aromatic N) is 1. The zero-order valence-electron chi connectivity index (χ0n) is 19.2. The van der Waals surface area contributed by atoms with Crippen molar-refractivity contribution in [1.82, 2.24) is 5.43 Å². The van der Waals surface area contributed by atoms with Gasteiger partial charge in [0.25, 0.3) is 0 Å². The lowest BCUT2D eigenvalue weighted by Gasteiger charge is -2.37. The maximum absolute atomic E-state index is 13.5. The molecule has 4 nitrogen and oxygen atoms in total. The Morgan fingerprint density at radius 1 is 1.14 bits per heavy atom. The number of carbonyl (C=O) groups excluding carboxylic acids is 1. The van der Waals surface area contributed by atoms with E-state index in [-0.39, 0.29) is 29.4 Å². The highest BCUT2D eigenvalue weighted by Gasteiger charge is 2.38. The molecule has 2 N–H and O–H groups in total. The maximum atomic E-state index is 13.5. The summed E-state index contributed by atoms with van der Waals surface area (Å²) < 4.78 is 13.5. The highest BCUT2D eigenvalue weighted by molar-refractivity contribution is 8.00. The molecule has 0 saturated heterocycles. The Hall–Kier alpha value is -3.09. The smallest absolute Gasteiger partial charge is 0.250 e. The predicted molar refractivity (Wildman–Crippen MR) is 142 cm³/mol. The minimum absolute atomic E-state index is 0.126. The van der Waals surface area contributed by atoms with Crippen LogP contribution < -0.4 is 10.7 Å². The second kappa shape index (κ2) is 10.3. The highest BCUT2D eigenvalue weighted by Crippen LogP contribution is 2.49. The van der Waals surface area contributed by atoms with Gasteiger partial charge in [-0.2, -0.15) is 5.10 Å². The number of hydrogen-bond acceptors (Lipinski definition) is 4. The molecule has 5 rings (SSSR count). The monoisotopic (exact) mass is 505 g/mol. The van der Waals surface area contributed by atoms with Gasteiger partial charge in [0.05, 0.1) is 17.5 Å². The average molecular weight is 506 g/mol. The molecular formula is C28H25ClFN3OS. The summed E-state index contributed by atoms with van der Waals surface area (Å²) in [5.74, 6) is 0.529. The molecule has 3 atom stereocenters. The van der Waals surface area contributed by atoms with Gasteiger partial charge in [0.2, 0.25) is 5.91 Å². The quantitative estimate of drug-likeness (QED) is 0.165. The molecule has 1 amide bonds. The van der Waals surface area contributed by atoms with Crippen LogP contribution in [0.1, 0.15) is 42.0 Å². The van der Waals surface area contributed by atoms with E-state index in [0.717, 1.165) is 33.8 Å². The van der Waals surface area contributed by atoms with Crippen molar-refractivity contribution in [3.63, 3.8) is 0 Å². The van der Waals surface area contributed by atoms with Gasteiger partial charge in [0, 0.05) is 21.5 Å². The lowest BCUT2D eigenvalue weighted by molar-refractivity contribution is -0.118. The fourth-order valence-electron chi connectivity index (χ4n) is 4.74. The molecule has 1 aliphatic heterocycles. The third kappa shape index (κ3) is 5.29. The van der Waals surface area contributed by atoms with Gasteiger partial charge in [-0.3, -0.25) is 4.79 Å². The van der Waals surface area contributed by atoms with Gasteiger partial charge in [-0.1, -0.05) is 42.0 Å². The molecule has 1 heterocycles. The first-order valence-corrected chi connectivity index (χ1v) is 12.9. The van der Waals surface area contributed by atoms with E-state index < -0.39 is 0 Å². The summed E-state index contributed by atoms with van der Waals surface area (Å²) in [7, 11) is 0. The molecule has 3 aromatic carbocycles. The van der Waals surface area contributed by atoms with Crippen LogP contribution in [-0.2, 0) is 4.79 Å². The molecule has 0 unspecified atom stereocenters. The number of rotatable bonds is 6. The van der Waals surface area contributed by atoms with Gasteiger partial charge in [-0.15, -0.1) is 11.8 Å². The Morgan fingerprint density at radius 3 is 2.69 bits per heavy atom. The average Bonchev–Trinajstić information content (AvgIpc) is 3.37. The Balaban J connectivity index is 1.28. The van der Waals surface area contributed by atoms with Crippen LogP contribution in [0.15, 0.2) is 88.9 Å². The number of thioether (sulfide) groups is 1. The van der Waals surface area contributed by atoms with E-state index in [9.17, 15) is 9.18 Å². The number of halogens is 2. The van der Waals surface area contributed by atoms with Crippen LogP contribution in [0, 0.1) is 11.7 Å². The topological polar surface area (TPSA) is 53.5 Å². The van der Waals surface area contributed by atoms with E-state index in [1.165, 1.54) is 29.5 Å². The van der Waals surface area contributed by atoms with E-state index in [0.29, 0.717) is 10.9 Å². The molecule has 35 heavy (non-hydrogen) atoms. The van der Waals surface area contributed by atoms with Crippen molar-refractivity contribution in [2.75, 3.05) is 11.1 Å². The molecule has 0 spiro atoms. The molecule has 0 radical (unpaired) electrons. The maximum Gasteiger partial charge on any atom is 0.250 e. The molecule has 0 aromatic heterocycles. The lowest BCUT2D eigenvalue weighted by atomic mass is 9.76. The van der Waals surface area contributed by atoms with Crippen molar-refractivity contribution in [3.8, 4) is 0 Å². The Labute approximate surface area is 213 Å². The molecule has 7 heteroatoms. The van der Waals surface area contributed by atoms with Crippen molar-refractivity contribution in [3.05, 3.63) is 106 Å². The first kappa shape index (κ1) is 23.6. The molecule has 0 fully saturated rings. The van der Waals surface area contributed by atoms with Gasteiger partial charge < -0.3 is 5.32 Å². The standard InChI is InChI=1S/C28H25ClFN3OS/c1-17(32-33-27(34)16-35-22-12-8-20(29)9-13-22)19-7-14-26-25(15-19)23-3-2-4-24(23)28(31-26)18-5-10-21(30)11-6-18/h2-3,5-15,23-24,28,31H,4,16H2,1H3,(H,33,34)/b32-17-/t23-,24+,28+/m1/s1. The number of allylic oxidation sites excluding steroid dienone is 2. The summed E-state index contributed by atoms with van der Waals surface area (Å²) in [6, 6.07) is 20.5. The summed E-state index contributed by atoms with van der Waals surface area (Å²) >= 11 is 7.34. The number of fused-ring (bicyclic) bond motifs is 3. The van der Waals surface area contributed by atoms with Crippen molar-refractivity contribution in [1.29, 1.82) is 0 Å². The van der Waals surface area contributed by atoms with E-state index >= 15 is 0 Å². The fourth-order valence-corrected chi connectivity index (χ4v) is 5.56. The van der Waals surface area contributed by atoms with Crippen LogP contribution in [0.25, 0.3) is 0 Å². The third-order valence-corrected chi connectivity index (χ3v) is 7.81. The second-order valence-electron chi connectivity index (χ2n) is 8.80. The Bertz CT molecular complexity index is 1290. The van der Waals surface area contributed by atoms with E-state index in [4.69, 9.17) is 11.6 Å². The van der Waals surface area contributed by atoms with Gasteiger partial charge in [-0.25, -0.2) is 9.82 Å². The lowest BCUT2D eigenvalue weighted by Crippen LogP contribution is -2.29. The van der Waals surface area contributed by atoms with Crippen molar-refractivity contribution >= 4 is 40.7 Å². The number of amides is 1. The molecule has 0 bridgehead atoms. The molecule has 3 aromatic rings. The van der Waals surface area contributed by atoms with Crippen molar-refractivity contribution < 1.29 is 9.18 Å². The number of hydrazone groups is 1. The van der Waals surface area contributed by atoms with Crippen LogP contribution >= 0.6 is 23.4 Å². The Morgan fingerprint density at radius 2 is 1.91 bits per heavy atom. The zero-order chi connectivity index (χ0) is 24.4. The normalized spacial score (nSPS) is 20.7. The number of anilines is 1. The second-order valence-corrected chi connectivity index (χ2v) is 10.3. The Kier molecular flexibility index (Phi) is 6.93. The first-order chi connectivity index (χ1) is 17.0. The summed E-state index contributed by atoms with van der Waals surface area (Å²) in [6.45, 7) is 1.90. The number of hydrogen-bond donors (Lipinski definition) is 2. The van der Waals surface area contributed by atoms with Crippen molar-refractivity contribution in [2.24, 2.45) is 11.0 Å². The van der Waals surface area contributed by atoms with Crippen LogP contribution in [0.4, 0.5) is 10.1 Å². The SMILES string of the molecule is C/C(=N/NC(=O)CSc1ccc(Cl)cc1)c1ccc2c(c1)[C@@H]1C=CC[C@@H]1[C@H](c1ccc(F)cc1)N2. The van der Waals surface area contributed by atoms with Crippen LogP contribution in [0.5, 0.6) is 0 Å². The molecule has 2 aliphatic rings. The van der Waals surface area contributed by atoms with Crippen LogP contribution in [-0.4, -0.2) is 17.4 Å². The van der Waals surface area contributed by atoms with Gasteiger partial charge in [0.1, 0.15) is 5.82 Å². The van der Waals surface area contributed by atoms with Gasteiger partial charge in [0.15, 0.2) is 0 Å². The minimum atomic E-state index is -0.221. The van der Waals surface area contributed by atoms with Crippen molar-refractivity contribution in [2.45, 2.75) is 30.2 Å². The fraction of sp³-hybridized carbons (Fsp3) is 0.214. The minimum Gasteiger partial charge on any atom is -0.378 e. The summed E-state index contributed by atoms with van der Waals surface area (Å²) in [5, 5.41) is 8.68. The largest absolute Gasteiger partial charge is 0.378 e. The van der Waals surface area contributed by atoms with E-state index in [1.54, 1.807) is 12.1 Å². The van der Waals surface area contributed by atoms with Gasteiger partial charge >= 0.3 is 0 Å². The number of benzene rings is 3. The molecule has 0 saturated carbocycles. The summed E-state index contributed by atoms with van der Waals surface area (Å²) in [5.41, 5.74) is 7.77.